The predicted octanol–water partition coefficient (Wildman–Crippen LogP) is 13.7. The van der Waals surface area contributed by atoms with Gasteiger partial charge >= 0.3 is 0 Å². The molecular formula is C44H83N. The summed E-state index contributed by atoms with van der Waals surface area (Å²) in [6, 6.07) is 0.877. The maximum atomic E-state index is 3.11. The molecule has 0 radical (unpaired) electrons. The molecule has 0 amide bonds. The van der Waals surface area contributed by atoms with E-state index in [-0.39, 0.29) is 0 Å². The van der Waals surface area contributed by atoms with Gasteiger partial charge in [0.25, 0.3) is 0 Å². The maximum absolute atomic E-state index is 3.11. The molecule has 0 aromatic rings. The molecule has 45 heavy (non-hydrogen) atoms. The van der Waals surface area contributed by atoms with E-state index < -0.39 is 0 Å². The van der Waals surface area contributed by atoms with Crippen LogP contribution in [-0.4, -0.2) is 24.0 Å². The van der Waals surface area contributed by atoms with E-state index in [1.165, 1.54) is 142 Å². The fourth-order valence-electron chi connectivity index (χ4n) is 11.6. The minimum absolute atomic E-state index is 0.877. The van der Waals surface area contributed by atoms with Gasteiger partial charge in [-0.1, -0.05) is 131 Å². The van der Waals surface area contributed by atoms with Crippen LogP contribution in [0.5, 0.6) is 0 Å². The highest BCUT2D eigenvalue weighted by Crippen LogP contribution is 2.46. The van der Waals surface area contributed by atoms with Gasteiger partial charge in [-0.2, -0.15) is 0 Å². The van der Waals surface area contributed by atoms with Crippen molar-refractivity contribution in [2.45, 2.75) is 208 Å². The van der Waals surface area contributed by atoms with Gasteiger partial charge in [0, 0.05) is 6.04 Å². The lowest BCUT2D eigenvalue weighted by atomic mass is 9.65. The van der Waals surface area contributed by atoms with E-state index in [1.54, 1.807) is 32.1 Å². The highest BCUT2D eigenvalue weighted by atomic mass is 15.2. The molecule has 1 saturated heterocycles. The van der Waals surface area contributed by atoms with Gasteiger partial charge in [-0.3, -0.25) is 0 Å². The Kier molecular flexibility index (Phi) is 17.2. The monoisotopic (exact) mass is 626 g/mol. The summed E-state index contributed by atoms with van der Waals surface area (Å²) < 4.78 is 0. The minimum atomic E-state index is 0.877. The minimum Gasteiger partial charge on any atom is -0.300 e. The lowest BCUT2D eigenvalue weighted by Crippen LogP contribution is -2.41. The van der Waals surface area contributed by atoms with E-state index >= 15 is 0 Å². The van der Waals surface area contributed by atoms with Crippen molar-refractivity contribution in [2.24, 2.45) is 59.2 Å². The topological polar surface area (TPSA) is 3.24 Å². The Morgan fingerprint density at radius 1 is 0.556 bits per heavy atom. The normalized spacial score (nSPS) is 37.0. The van der Waals surface area contributed by atoms with Crippen LogP contribution in [0.25, 0.3) is 0 Å². The average Bonchev–Trinajstić information content (AvgIpc) is 3.08. The zero-order chi connectivity index (χ0) is 32.0. The molecule has 0 aromatic carbocycles. The second kappa shape index (κ2) is 20.5. The predicted molar refractivity (Wildman–Crippen MR) is 200 cm³/mol. The molecule has 1 aliphatic heterocycles. The molecule has 0 N–H and O–H groups in total. The largest absolute Gasteiger partial charge is 0.300 e. The van der Waals surface area contributed by atoms with Gasteiger partial charge in [0.05, 0.1) is 0 Å². The van der Waals surface area contributed by atoms with Gasteiger partial charge in [0.1, 0.15) is 0 Å². The third-order valence-corrected chi connectivity index (χ3v) is 14.8. The van der Waals surface area contributed by atoms with Gasteiger partial charge in [0.15, 0.2) is 0 Å². The van der Waals surface area contributed by atoms with Gasteiger partial charge in [-0.05, 0) is 143 Å². The summed E-state index contributed by atoms with van der Waals surface area (Å²) in [4.78, 5) is 3.11. The van der Waals surface area contributed by atoms with E-state index in [4.69, 9.17) is 0 Å². The van der Waals surface area contributed by atoms with Crippen LogP contribution >= 0.6 is 0 Å². The third-order valence-electron chi connectivity index (χ3n) is 14.8. The first-order valence-electron chi connectivity index (χ1n) is 21.7. The first-order valence-corrected chi connectivity index (χ1v) is 21.7. The third kappa shape index (κ3) is 12.1. The van der Waals surface area contributed by atoms with Crippen molar-refractivity contribution in [1.82, 2.24) is 4.90 Å². The van der Waals surface area contributed by atoms with E-state index in [0.29, 0.717) is 0 Å². The number of hydrogen-bond donors (Lipinski definition) is 0. The molecule has 0 aromatic heterocycles. The first-order chi connectivity index (χ1) is 21.9. The first kappa shape index (κ1) is 37.8. The zero-order valence-corrected chi connectivity index (χ0v) is 31.9. The number of nitrogens with zero attached hydrogens (tertiary/aromatic N) is 1. The second-order valence-electron chi connectivity index (χ2n) is 18.1. The smallest absolute Gasteiger partial charge is 0.00954 e. The van der Waals surface area contributed by atoms with Crippen molar-refractivity contribution < 1.29 is 0 Å². The van der Waals surface area contributed by atoms with E-state index in [2.05, 4.69) is 46.4 Å². The molecule has 4 aliphatic rings. The molecule has 4 rings (SSSR count). The summed E-state index contributed by atoms with van der Waals surface area (Å²) in [5.74, 6) is 9.83. The summed E-state index contributed by atoms with van der Waals surface area (Å²) in [6.45, 7) is 18.0. The Bertz CT molecular complexity index is 740. The standard InChI is InChI=1S/C44H83N/c1-7-10-12-17-37-26-28-45(44-24-22-41(23-25-44)39(15-8-2)16-9-3)29-27-38(31-36(6)35(5)30-37)32-43-33-42(21-20-34(43)4)40-18-13-11-14-19-40/h34-44H,7-33H2,1-6H3. The van der Waals surface area contributed by atoms with Gasteiger partial charge in [-0.25, -0.2) is 0 Å². The van der Waals surface area contributed by atoms with Gasteiger partial charge in [0.2, 0.25) is 0 Å². The quantitative estimate of drug-likeness (QED) is 0.184. The molecule has 1 nitrogen and oxygen atoms in total. The van der Waals surface area contributed by atoms with Crippen LogP contribution < -0.4 is 0 Å². The Hall–Kier alpha value is -0.0400. The van der Waals surface area contributed by atoms with Crippen molar-refractivity contribution in [1.29, 1.82) is 0 Å². The summed E-state index contributed by atoms with van der Waals surface area (Å²) in [5, 5.41) is 0. The Labute approximate surface area is 284 Å². The Morgan fingerprint density at radius 2 is 1.20 bits per heavy atom. The lowest BCUT2D eigenvalue weighted by Gasteiger charge is -2.42. The van der Waals surface area contributed by atoms with Crippen molar-refractivity contribution in [3.8, 4) is 0 Å². The molecule has 264 valence electrons. The van der Waals surface area contributed by atoms with E-state index in [1.807, 2.05) is 0 Å². The van der Waals surface area contributed by atoms with E-state index in [9.17, 15) is 0 Å². The molecule has 0 bridgehead atoms. The second-order valence-corrected chi connectivity index (χ2v) is 18.1. The van der Waals surface area contributed by atoms with Crippen molar-refractivity contribution in [2.75, 3.05) is 13.1 Å². The van der Waals surface area contributed by atoms with Crippen LogP contribution in [-0.2, 0) is 0 Å². The fourth-order valence-corrected chi connectivity index (χ4v) is 11.6. The SMILES string of the molecule is CCCCCC1CCN(C2CCC(C(CCC)CCC)CC2)CCC(CC2CC(C3CCCCC3)CCC2C)CC(C)C(C)C1. The highest BCUT2D eigenvalue weighted by Gasteiger charge is 2.36. The van der Waals surface area contributed by atoms with Crippen LogP contribution in [0.2, 0.25) is 0 Å². The zero-order valence-electron chi connectivity index (χ0n) is 31.9. The summed E-state index contributed by atoms with van der Waals surface area (Å²) >= 11 is 0. The molecule has 3 aliphatic carbocycles. The average molecular weight is 626 g/mol. The van der Waals surface area contributed by atoms with Gasteiger partial charge < -0.3 is 4.90 Å². The molecule has 4 fully saturated rings. The number of unbranched alkanes of at least 4 members (excludes halogenated alkanes) is 2. The number of hydrogen-bond acceptors (Lipinski definition) is 1. The lowest BCUT2D eigenvalue weighted by molar-refractivity contribution is 0.0850. The van der Waals surface area contributed by atoms with Crippen LogP contribution in [0, 0.1) is 59.2 Å². The molecule has 0 spiro atoms. The summed E-state index contributed by atoms with van der Waals surface area (Å²) in [5.41, 5.74) is 0. The number of rotatable bonds is 13. The molecular weight excluding hydrogens is 542 g/mol. The van der Waals surface area contributed by atoms with Crippen LogP contribution in [0.3, 0.4) is 0 Å². The van der Waals surface area contributed by atoms with Crippen molar-refractivity contribution in [3.63, 3.8) is 0 Å². The van der Waals surface area contributed by atoms with Crippen molar-refractivity contribution in [3.05, 3.63) is 0 Å². The fraction of sp³-hybridized carbons (Fsp3) is 1.00. The van der Waals surface area contributed by atoms with E-state index in [0.717, 1.165) is 65.2 Å². The summed E-state index contributed by atoms with van der Waals surface area (Å²) in [6.07, 6.45) is 37.4. The van der Waals surface area contributed by atoms with Gasteiger partial charge in [-0.15, -0.1) is 0 Å². The molecule has 7 atom stereocenters. The van der Waals surface area contributed by atoms with Crippen LogP contribution in [0.4, 0.5) is 0 Å². The Balaban J connectivity index is 1.43. The summed E-state index contributed by atoms with van der Waals surface area (Å²) in [7, 11) is 0. The molecule has 1 heteroatoms. The highest BCUT2D eigenvalue weighted by molar-refractivity contribution is 4.88. The van der Waals surface area contributed by atoms with Crippen LogP contribution in [0.1, 0.15) is 202 Å². The maximum Gasteiger partial charge on any atom is 0.00954 e. The van der Waals surface area contributed by atoms with Crippen LogP contribution in [0.15, 0.2) is 0 Å². The molecule has 3 saturated carbocycles. The molecule has 1 heterocycles. The Morgan fingerprint density at radius 3 is 1.84 bits per heavy atom. The molecule has 7 unspecified atom stereocenters. The van der Waals surface area contributed by atoms with Crippen molar-refractivity contribution >= 4 is 0 Å².